The lowest BCUT2D eigenvalue weighted by molar-refractivity contribution is -0.147. The quantitative estimate of drug-likeness (QED) is 0.779. The molecule has 2 aliphatic heterocycles. The number of methoxy groups -OCH3 is 1. The van der Waals surface area contributed by atoms with Crippen molar-refractivity contribution in [3.63, 3.8) is 0 Å². The third-order valence-electron chi connectivity index (χ3n) is 5.65. The van der Waals surface area contributed by atoms with Gasteiger partial charge in [-0.2, -0.15) is 0 Å². The summed E-state index contributed by atoms with van der Waals surface area (Å²) in [5.41, 5.74) is 1.09. The zero-order chi connectivity index (χ0) is 18.8. The molecule has 142 valence electrons. The van der Waals surface area contributed by atoms with Crippen molar-refractivity contribution in [3.8, 4) is 0 Å². The van der Waals surface area contributed by atoms with Crippen molar-refractivity contribution in [2.45, 2.75) is 37.6 Å². The van der Waals surface area contributed by atoms with E-state index < -0.39 is 6.10 Å². The Balaban J connectivity index is 1.36. The van der Waals surface area contributed by atoms with Gasteiger partial charge in [0.05, 0.1) is 12.1 Å². The summed E-state index contributed by atoms with van der Waals surface area (Å²) >= 11 is 0. The highest BCUT2D eigenvalue weighted by Crippen LogP contribution is 2.32. The minimum Gasteiger partial charge on any atom is -0.371 e. The first-order chi connectivity index (χ1) is 13.2. The predicted octanol–water partition coefficient (Wildman–Crippen LogP) is 1.56. The number of piperazine rings is 1. The Hall–Kier alpha value is -2.60. The summed E-state index contributed by atoms with van der Waals surface area (Å²) in [7, 11) is 1.59. The fourth-order valence-corrected chi connectivity index (χ4v) is 4.25. The van der Waals surface area contributed by atoms with Gasteiger partial charge < -0.3 is 19.1 Å². The maximum atomic E-state index is 13.0. The normalized spacial score (nSPS) is 22.3. The third kappa shape index (κ3) is 3.62. The summed E-state index contributed by atoms with van der Waals surface area (Å²) in [5, 5.41) is 0. The van der Waals surface area contributed by atoms with Crippen molar-refractivity contribution < 1.29 is 14.3 Å². The van der Waals surface area contributed by atoms with Crippen LogP contribution in [0.4, 0.5) is 0 Å². The second kappa shape index (κ2) is 7.56. The Bertz CT molecular complexity index is 790. The number of carbonyl (C=O) groups is 2. The standard InChI is InChI=1S/C21H25N3O3/c1-27-19(11-16-7-3-2-4-8-16)21(26)24-14-17-12-18(24)13-23(17)20(25)15-22-9-5-6-10-22/h2-10,17-19H,11-15H2,1H3/t17-,18-,19?/m0/s1. The van der Waals surface area contributed by atoms with E-state index in [1.54, 1.807) is 7.11 Å². The molecular formula is C21H25N3O3. The van der Waals surface area contributed by atoms with Crippen LogP contribution >= 0.6 is 0 Å². The first-order valence-corrected chi connectivity index (χ1v) is 9.43. The summed E-state index contributed by atoms with van der Waals surface area (Å²) in [6.45, 7) is 1.59. The van der Waals surface area contributed by atoms with Crippen LogP contribution in [0.5, 0.6) is 0 Å². The largest absolute Gasteiger partial charge is 0.371 e. The van der Waals surface area contributed by atoms with E-state index in [0.29, 0.717) is 26.1 Å². The summed E-state index contributed by atoms with van der Waals surface area (Å²) in [4.78, 5) is 29.4. The first kappa shape index (κ1) is 17.8. The predicted molar refractivity (Wildman–Crippen MR) is 101 cm³/mol. The highest BCUT2D eigenvalue weighted by Gasteiger charge is 2.48. The SMILES string of the molecule is COC(Cc1ccccc1)C(=O)N1C[C@@H]2C[C@H]1CN2C(=O)Cn1cccc1. The number of benzene rings is 1. The van der Waals surface area contributed by atoms with Crippen LogP contribution in [0.25, 0.3) is 0 Å². The second-order valence-corrected chi connectivity index (χ2v) is 7.35. The van der Waals surface area contributed by atoms with Gasteiger partial charge in [0.15, 0.2) is 0 Å². The minimum absolute atomic E-state index is 0.0337. The van der Waals surface area contributed by atoms with Crippen molar-refractivity contribution >= 4 is 11.8 Å². The van der Waals surface area contributed by atoms with Gasteiger partial charge in [0.2, 0.25) is 5.91 Å². The number of likely N-dealkylation sites (tertiary alicyclic amines) is 2. The summed E-state index contributed by atoms with van der Waals surface area (Å²) < 4.78 is 7.39. The van der Waals surface area contributed by atoms with E-state index in [1.165, 1.54) is 0 Å². The molecule has 0 N–H and O–H groups in total. The fourth-order valence-electron chi connectivity index (χ4n) is 4.25. The number of nitrogens with zero attached hydrogens (tertiary/aromatic N) is 3. The number of amides is 2. The van der Waals surface area contributed by atoms with Crippen LogP contribution in [0.3, 0.4) is 0 Å². The maximum Gasteiger partial charge on any atom is 0.252 e. The maximum absolute atomic E-state index is 13.0. The molecule has 0 radical (unpaired) electrons. The highest BCUT2D eigenvalue weighted by molar-refractivity contribution is 5.83. The third-order valence-corrected chi connectivity index (χ3v) is 5.65. The molecule has 6 heteroatoms. The van der Waals surface area contributed by atoms with Crippen LogP contribution in [0.15, 0.2) is 54.9 Å². The molecule has 1 unspecified atom stereocenters. The Morgan fingerprint density at radius 3 is 2.33 bits per heavy atom. The van der Waals surface area contributed by atoms with E-state index in [2.05, 4.69) is 0 Å². The molecule has 1 aromatic carbocycles. The van der Waals surface area contributed by atoms with Gasteiger partial charge in [0.1, 0.15) is 12.6 Å². The molecule has 27 heavy (non-hydrogen) atoms. The van der Waals surface area contributed by atoms with E-state index in [1.807, 2.05) is 69.2 Å². The van der Waals surface area contributed by atoms with Gasteiger partial charge in [-0.1, -0.05) is 30.3 Å². The zero-order valence-corrected chi connectivity index (χ0v) is 15.5. The topological polar surface area (TPSA) is 54.8 Å². The van der Waals surface area contributed by atoms with Gasteiger partial charge in [0.25, 0.3) is 5.91 Å². The van der Waals surface area contributed by atoms with Crippen molar-refractivity contribution in [1.82, 2.24) is 14.4 Å². The van der Waals surface area contributed by atoms with E-state index >= 15 is 0 Å². The molecule has 0 spiro atoms. The first-order valence-electron chi connectivity index (χ1n) is 9.43. The number of rotatable bonds is 6. The zero-order valence-electron chi connectivity index (χ0n) is 15.5. The molecule has 2 fully saturated rings. The van der Waals surface area contributed by atoms with Crippen LogP contribution in [-0.4, -0.2) is 64.6 Å². The number of hydrogen-bond donors (Lipinski definition) is 0. The molecule has 2 aromatic rings. The summed E-state index contributed by atoms with van der Waals surface area (Å²) in [6.07, 6.45) is 4.75. The van der Waals surface area contributed by atoms with Crippen LogP contribution in [0, 0.1) is 0 Å². The molecule has 3 atom stereocenters. The molecule has 2 bridgehead atoms. The average molecular weight is 367 g/mol. The Morgan fingerprint density at radius 2 is 1.70 bits per heavy atom. The Labute approximate surface area is 159 Å². The summed E-state index contributed by atoms with van der Waals surface area (Å²) in [5.74, 6) is 0.157. The van der Waals surface area contributed by atoms with Gasteiger partial charge in [0, 0.05) is 39.0 Å². The van der Waals surface area contributed by atoms with Crippen molar-refractivity contribution in [2.24, 2.45) is 0 Å². The number of ether oxygens (including phenoxy) is 1. The van der Waals surface area contributed by atoms with Crippen molar-refractivity contribution in [2.75, 3.05) is 20.2 Å². The van der Waals surface area contributed by atoms with Crippen LogP contribution < -0.4 is 0 Å². The Morgan fingerprint density at radius 1 is 1.04 bits per heavy atom. The van der Waals surface area contributed by atoms with E-state index in [0.717, 1.165) is 12.0 Å². The number of fused-ring (bicyclic) bond motifs is 2. The number of carbonyl (C=O) groups excluding carboxylic acids is 2. The smallest absolute Gasteiger partial charge is 0.252 e. The molecule has 3 heterocycles. The lowest BCUT2D eigenvalue weighted by Gasteiger charge is -2.35. The lowest BCUT2D eigenvalue weighted by Crippen LogP contribution is -2.54. The van der Waals surface area contributed by atoms with Crippen LogP contribution in [-0.2, 0) is 27.3 Å². The van der Waals surface area contributed by atoms with Crippen LogP contribution in [0.2, 0.25) is 0 Å². The molecule has 0 aliphatic carbocycles. The van der Waals surface area contributed by atoms with Crippen LogP contribution in [0.1, 0.15) is 12.0 Å². The molecule has 4 rings (SSSR count). The minimum atomic E-state index is -0.476. The molecule has 0 saturated carbocycles. The molecule has 2 amide bonds. The van der Waals surface area contributed by atoms with Gasteiger partial charge in [-0.15, -0.1) is 0 Å². The van der Waals surface area contributed by atoms with Gasteiger partial charge in [-0.05, 0) is 24.1 Å². The van der Waals surface area contributed by atoms with Crippen molar-refractivity contribution in [1.29, 1.82) is 0 Å². The average Bonchev–Trinajstić information content (AvgIpc) is 3.43. The second-order valence-electron chi connectivity index (χ2n) is 7.35. The van der Waals surface area contributed by atoms with E-state index in [4.69, 9.17) is 4.74 Å². The van der Waals surface area contributed by atoms with Crippen molar-refractivity contribution in [3.05, 3.63) is 60.4 Å². The van der Waals surface area contributed by atoms with E-state index in [-0.39, 0.29) is 23.9 Å². The molecule has 1 aromatic heterocycles. The molecule has 6 nitrogen and oxygen atoms in total. The van der Waals surface area contributed by atoms with E-state index in [9.17, 15) is 9.59 Å². The van der Waals surface area contributed by atoms with Gasteiger partial charge in [-0.25, -0.2) is 0 Å². The molecule has 2 aliphatic rings. The lowest BCUT2D eigenvalue weighted by atomic mass is 10.1. The number of aromatic nitrogens is 1. The Kier molecular flexibility index (Phi) is 4.99. The monoisotopic (exact) mass is 367 g/mol. The molecular weight excluding hydrogens is 342 g/mol. The van der Waals surface area contributed by atoms with Gasteiger partial charge >= 0.3 is 0 Å². The fraction of sp³-hybridized carbons (Fsp3) is 0.429. The highest BCUT2D eigenvalue weighted by atomic mass is 16.5. The number of hydrogen-bond acceptors (Lipinski definition) is 3. The van der Waals surface area contributed by atoms with Gasteiger partial charge in [-0.3, -0.25) is 9.59 Å². The summed E-state index contributed by atoms with van der Waals surface area (Å²) in [6, 6.07) is 14.0. The molecule has 2 saturated heterocycles.